The van der Waals surface area contributed by atoms with Crippen molar-refractivity contribution in [2.75, 3.05) is 6.61 Å². The molecule has 0 aliphatic carbocycles. The van der Waals surface area contributed by atoms with Crippen molar-refractivity contribution in [3.63, 3.8) is 0 Å². The number of benzene rings is 2. The Morgan fingerprint density at radius 3 is 2.52 bits per heavy atom. The Morgan fingerprint density at radius 2 is 1.87 bits per heavy atom. The number of carbonyl (C=O) groups excluding carboxylic acids is 1. The second-order valence-corrected chi connectivity index (χ2v) is 5.59. The lowest BCUT2D eigenvalue weighted by atomic mass is 9.92. The molecule has 0 heterocycles. The van der Waals surface area contributed by atoms with E-state index in [4.69, 9.17) is 4.74 Å². The summed E-state index contributed by atoms with van der Waals surface area (Å²) < 4.78 is 18.5. The van der Waals surface area contributed by atoms with Crippen LogP contribution in [-0.4, -0.2) is 12.6 Å². The SMILES string of the molecule is CCOC(=O)C=Cc1c(C)cc(C)cc1-c1ccc(F)c(C)c1. The van der Waals surface area contributed by atoms with Crippen molar-refractivity contribution in [2.24, 2.45) is 0 Å². The molecule has 2 aromatic carbocycles. The minimum absolute atomic E-state index is 0.221. The van der Waals surface area contributed by atoms with Gasteiger partial charge in [-0.3, -0.25) is 0 Å². The largest absolute Gasteiger partial charge is 0.463 e. The lowest BCUT2D eigenvalue weighted by molar-refractivity contribution is -0.137. The van der Waals surface area contributed by atoms with Gasteiger partial charge in [-0.1, -0.05) is 23.8 Å². The molecule has 23 heavy (non-hydrogen) atoms. The molecule has 0 bridgehead atoms. The lowest BCUT2D eigenvalue weighted by Gasteiger charge is -2.12. The van der Waals surface area contributed by atoms with E-state index in [1.165, 1.54) is 12.1 Å². The Kier molecular flexibility index (Phi) is 5.32. The van der Waals surface area contributed by atoms with Crippen molar-refractivity contribution in [3.05, 3.63) is 64.5 Å². The van der Waals surface area contributed by atoms with Crippen LogP contribution >= 0.6 is 0 Å². The molecule has 0 spiro atoms. The minimum Gasteiger partial charge on any atom is -0.463 e. The molecule has 0 radical (unpaired) electrons. The fourth-order valence-corrected chi connectivity index (χ4v) is 2.59. The maximum atomic E-state index is 13.5. The van der Waals surface area contributed by atoms with E-state index in [1.54, 1.807) is 26.0 Å². The van der Waals surface area contributed by atoms with E-state index in [-0.39, 0.29) is 11.8 Å². The average molecular weight is 312 g/mol. The maximum Gasteiger partial charge on any atom is 0.330 e. The summed E-state index contributed by atoms with van der Waals surface area (Å²) in [5, 5.41) is 0. The summed E-state index contributed by atoms with van der Waals surface area (Å²) in [4.78, 5) is 11.6. The highest BCUT2D eigenvalue weighted by Gasteiger charge is 2.09. The molecule has 0 fully saturated rings. The van der Waals surface area contributed by atoms with Crippen molar-refractivity contribution in [1.82, 2.24) is 0 Å². The highest BCUT2D eigenvalue weighted by molar-refractivity contribution is 5.90. The summed E-state index contributed by atoms with van der Waals surface area (Å²) in [5.41, 5.74) is 5.62. The molecule has 0 amide bonds. The smallest absolute Gasteiger partial charge is 0.330 e. The Balaban J connectivity index is 2.53. The number of carbonyl (C=O) groups is 1. The van der Waals surface area contributed by atoms with Crippen LogP contribution in [0.4, 0.5) is 4.39 Å². The van der Waals surface area contributed by atoms with Gasteiger partial charge in [0.1, 0.15) is 5.82 Å². The van der Waals surface area contributed by atoms with Crippen molar-refractivity contribution in [2.45, 2.75) is 27.7 Å². The fourth-order valence-electron chi connectivity index (χ4n) is 2.59. The molecule has 0 atom stereocenters. The Morgan fingerprint density at radius 1 is 1.13 bits per heavy atom. The molecular weight excluding hydrogens is 291 g/mol. The van der Waals surface area contributed by atoms with Crippen LogP contribution in [0.15, 0.2) is 36.4 Å². The molecular formula is C20H21FO2. The molecule has 2 nitrogen and oxygen atoms in total. The van der Waals surface area contributed by atoms with Gasteiger partial charge in [0.25, 0.3) is 0 Å². The van der Waals surface area contributed by atoms with Crippen LogP contribution in [-0.2, 0) is 9.53 Å². The van der Waals surface area contributed by atoms with Crippen LogP contribution in [0.3, 0.4) is 0 Å². The molecule has 2 aromatic rings. The molecule has 0 aliphatic rings. The Labute approximate surface area is 136 Å². The van der Waals surface area contributed by atoms with E-state index in [0.29, 0.717) is 12.2 Å². The normalized spacial score (nSPS) is 11.0. The molecule has 3 heteroatoms. The average Bonchev–Trinajstić information content (AvgIpc) is 2.48. The van der Waals surface area contributed by atoms with Gasteiger partial charge >= 0.3 is 5.97 Å². The van der Waals surface area contributed by atoms with Gasteiger partial charge in [-0.25, -0.2) is 9.18 Å². The van der Waals surface area contributed by atoms with Gasteiger partial charge in [0, 0.05) is 6.08 Å². The zero-order valence-corrected chi connectivity index (χ0v) is 13.9. The van der Waals surface area contributed by atoms with Gasteiger partial charge in [0.05, 0.1) is 6.61 Å². The lowest BCUT2D eigenvalue weighted by Crippen LogP contribution is -1.99. The van der Waals surface area contributed by atoms with Crippen molar-refractivity contribution in [1.29, 1.82) is 0 Å². The summed E-state index contributed by atoms with van der Waals surface area (Å²) in [6.45, 7) is 7.88. The van der Waals surface area contributed by atoms with Gasteiger partial charge < -0.3 is 4.74 Å². The van der Waals surface area contributed by atoms with Gasteiger partial charge in [0.2, 0.25) is 0 Å². The predicted octanol–water partition coefficient (Wildman–Crippen LogP) is 4.99. The summed E-state index contributed by atoms with van der Waals surface area (Å²) in [6, 6.07) is 9.17. The number of hydrogen-bond acceptors (Lipinski definition) is 2. The van der Waals surface area contributed by atoms with Crippen LogP contribution in [0.1, 0.15) is 29.2 Å². The summed E-state index contributed by atoms with van der Waals surface area (Å²) >= 11 is 0. The molecule has 0 aliphatic heterocycles. The quantitative estimate of drug-likeness (QED) is 0.587. The third kappa shape index (κ3) is 4.07. The van der Waals surface area contributed by atoms with E-state index >= 15 is 0 Å². The first-order valence-corrected chi connectivity index (χ1v) is 7.65. The Hall–Kier alpha value is -2.42. The predicted molar refractivity (Wildman–Crippen MR) is 91.7 cm³/mol. The molecule has 0 aromatic heterocycles. The van der Waals surface area contributed by atoms with Gasteiger partial charge in [-0.15, -0.1) is 0 Å². The van der Waals surface area contributed by atoms with Gasteiger partial charge in [-0.05, 0) is 73.7 Å². The summed E-state index contributed by atoms with van der Waals surface area (Å²) in [5.74, 6) is -0.588. The van der Waals surface area contributed by atoms with Crippen LogP contribution in [0, 0.1) is 26.6 Å². The topological polar surface area (TPSA) is 26.3 Å². The molecule has 2 rings (SSSR count). The molecule has 0 saturated carbocycles. The van der Waals surface area contributed by atoms with E-state index < -0.39 is 0 Å². The van der Waals surface area contributed by atoms with Crippen LogP contribution in [0.2, 0.25) is 0 Å². The summed E-state index contributed by atoms with van der Waals surface area (Å²) in [6.07, 6.45) is 3.20. The second-order valence-electron chi connectivity index (χ2n) is 5.59. The number of hydrogen-bond donors (Lipinski definition) is 0. The fraction of sp³-hybridized carbons (Fsp3) is 0.250. The van der Waals surface area contributed by atoms with E-state index in [1.807, 2.05) is 26.0 Å². The van der Waals surface area contributed by atoms with Crippen LogP contribution < -0.4 is 0 Å². The van der Waals surface area contributed by atoms with Crippen molar-refractivity contribution in [3.8, 4) is 11.1 Å². The highest BCUT2D eigenvalue weighted by atomic mass is 19.1. The molecule has 120 valence electrons. The molecule has 0 N–H and O–H groups in total. The first kappa shape index (κ1) is 16.9. The van der Waals surface area contributed by atoms with Crippen molar-refractivity contribution >= 4 is 12.0 Å². The van der Waals surface area contributed by atoms with Crippen LogP contribution in [0.5, 0.6) is 0 Å². The van der Waals surface area contributed by atoms with Gasteiger partial charge in [-0.2, -0.15) is 0 Å². The third-order valence-electron chi connectivity index (χ3n) is 3.67. The zero-order valence-electron chi connectivity index (χ0n) is 13.9. The molecule has 0 saturated heterocycles. The zero-order chi connectivity index (χ0) is 17.0. The highest BCUT2D eigenvalue weighted by Crippen LogP contribution is 2.30. The molecule has 0 unspecified atom stereocenters. The summed E-state index contributed by atoms with van der Waals surface area (Å²) in [7, 11) is 0. The third-order valence-corrected chi connectivity index (χ3v) is 3.67. The monoisotopic (exact) mass is 312 g/mol. The van der Waals surface area contributed by atoms with Crippen LogP contribution in [0.25, 0.3) is 17.2 Å². The number of halogens is 1. The van der Waals surface area contributed by atoms with Crippen molar-refractivity contribution < 1.29 is 13.9 Å². The van der Waals surface area contributed by atoms with E-state index in [9.17, 15) is 9.18 Å². The van der Waals surface area contributed by atoms with Gasteiger partial charge in [0.15, 0.2) is 0 Å². The maximum absolute atomic E-state index is 13.5. The van der Waals surface area contributed by atoms with E-state index in [0.717, 1.165) is 27.8 Å². The number of rotatable bonds is 4. The standard InChI is InChI=1S/C20H21FO2/c1-5-23-20(22)9-7-17-14(3)10-13(2)11-18(17)16-6-8-19(21)15(4)12-16/h6-12H,5H2,1-4H3. The second kappa shape index (κ2) is 7.23. The number of ether oxygens (including phenoxy) is 1. The number of esters is 1. The first-order valence-electron chi connectivity index (χ1n) is 7.65. The number of aryl methyl sites for hydroxylation is 3. The Bertz CT molecular complexity index is 760. The minimum atomic E-state index is -0.367. The first-order chi connectivity index (χ1) is 10.9. The van der Waals surface area contributed by atoms with E-state index in [2.05, 4.69) is 6.07 Å².